The van der Waals surface area contributed by atoms with E-state index in [1.165, 1.54) is 0 Å². The number of nitrogens with zero attached hydrogens (tertiary/aromatic N) is 2. The van der Waals surface area contributed by atoms with E-state index in [0.717, 1.165) is 23.3 Å². The molecule has 0 aliphatic rings. The third-order valence-corrected chi connectivity index (χ3v) is 3.31. The van der Waals surface area contributed by atoms with Crippen LogP contribution in [-0.2, 0) is 17.8 Å². The van der Waals surface area contributed by atoms with Crippen molar-refractivity contribution in [3.05, 3.63) is 30.1 Å². The molecule has 0 bridgehead atoms. The average Bonchev–Trinajstić information content (AvgIpc) is 2.82. The number of benzene rings is 1. The van der Waals surface area contributed by atoms with Gasteiger partial charge in [-0.05, 0) is 38.2 Å². The van der Waals surface area contributed by atoms with Gasteiger partial charge in [0, 0.05) is 12.5 Å². The molecule has 7 heteroatoms. The molecule has 1 heterocycles. The largest absolute Gasteiger partial charge is 0.359 e. The van der Waals surface area contributed by atoms with E-state index in [4.69, 9.17) is 12.2 Å². The van der Waals surface area contributed by atoms with Crippen molar-refractivity contribution in [3.8, 4) is 0 Å². The number of amides is 1. The highest BCUT2D eigenvalue weighted by atomic mass is 32.1. The topological polar surface area (TPSA) is 71.0 Å². The Morgan fingerprint density at radius 1 is 1.32 bits per heavy atom. The molecular weight excluding hydrogens is 298 g/mol. The standard InChI is InChI=1S/C15H21N5OS/c1-4-13-17-11-7-5-6-8-12(11)20(13)9-14(21)18-19-15(22)16-10(2)3/h5-8,10H,4,9H2,1-3H3,(H,18,21)(H2,16,19,22). The maximum Gasteiger partial charge on any atom is 0.258 e. The predicted molar refractivity (Wildman–Crippen MR) is 91.3 cm³/mol. The summed E-state index contributed by atoms with van der Waals surface area (Å²) >= 11 is 5.07. The Bertz CT molecular complexity index is 680. The Morgan fingerprint density at radius 2 is 2.05 bits per heavy atom. The van der Waals surface area contributed by atoms with Crippen molar-refractivity contribution in [1.29, 1.82) is 0 Å². The quantitative estimate of drug-likeness (QED) is 0.588. The van der Waals surface area contributed by atoms with Crippen molar-refractivity contribution in [2.45, 2.75) is 39.8 Å². The van der Waals surface area contributed by atoms with Gasteiger partial charge in [-0.25, -0.2) is 4.98 Å². The van der Waals surface area contributed by atoms with Crippen LogP contribution in [0.2, 0.25) is 0 Å². The van der Waals surface area contributed by atoms with Gasteiger partial charge in [0.05, 0.1) is 11.0 Å². The maximum atomic E-state index is 12.1. The summed E-state index contributed by atoms with van der Waals surface area (Å²) < 4.78 is 1.92. The summed E-state index contributed by atoms with van der Waals surface area (Å²) in [5, 5.41) is 3.39. The highest BCUT2D eigenvalue weighted by molar-refractivity contribution is 7.80. The van der Waals surface area contributed by atoms with Gasteiger partial charge in [-0.3, -0.25) is 15.6 Å². The molecule has 0 radical (unpaired) electrons. The molecule has 1 aromatic heterocycles. The van der Waals surface area contributed by atoms with E-state index in [1.54, 1.807) is 0 Å². The second-order valence-corrected chi connectivity index (χ2v) is 5.67. The van der Waals surface area contributed by atoms with Gasteiger partial charge < -0.3 is 9.88 Å². The Kier molecular flexibility index (Phi) is 5.32. The lowest BCUT2D eigenvalue weighted by atomic mass is 10.3. The van der Waals surface area contributed by atoms with Gasteiger partial charge in [0.25, 0.3) is 5.91 Å². The van der Waals surface area contributed by atoms with E-state index in [1.807, 2.05) is 49.6 Å². The maximum absolute atomic E-state index is 12.1. The minimum atomic E-state index is -0.175. The summed E-state index contributed by atoms with van der Waals surface area (Å²) in [6.45, 7) is 6.17. The van der Waals surface area contributed by atoms with Gasteiger partial charge in [-0.15, -0.1) is 0 Å². The molecule has 2 aromatic rings. The molecule has 0 spiro atoms. The van der Waals surface area contributed by atoms with Crippen molar-refractivity contribution >= 4 is 34.3 Å². The molecule has 22 heavy (non-hydrogen) atoms. The summed E-state index contributed by atoms with van der Waals surface area (Å²) in [6.07, 6.45) is 0.767. The first kappa shape index (κ1) is 16.2. The monoisotopic (exact) mass is 319 g/mol. The molecule has 6 nitrogen and oxygen atoms in total. The fourth-order valence-corrected chi connectivity index (χ4v) is 2.47. The first-order valence-corrected chi connectivity index (χ1v) is 7.71. The molecule has 2 rings (SSSR count). The highest BCUT2D eigenvalue weighted by Crippen LogP contribution is 2.16. The zero-order chi connectivity index (χ0) is 16.1. The summed E-state index contributed by atoms with van der Waals surface area (Å²) in [6, 6.07) is 8.01. The fraction of sp³-hybridized carbons (Fsp3) is 0.400. The number of hydrogen-bond acceptors (Lipinski definition) is 3. The van der Waals surface area contributed by atoms with Crippen LogP contribution in [0, 0.1) is 0 Å². The molecule has 0 aliphatic heterocycles. The van der Waals surface area contributed by atoms with Crippen LogP contribution in [0.3, 0.4) is 0 Å². The fourth-order valence-electron chi connectivity index (χ4n) is 2.18. The number of rotatable bonds is 4. The lowest BCUT2D eigenvalue weighted by Gasteiger charge is -2.14. The van der Waals surface area contributed by atoms with E-state index in [-0.39, 0.29) is 18.5 Å². The molecule has 0 aliphatic carbocycles. The van der Waals surface area contributed by atoms with Crippen LogP contribution in [0.5, 0.6) is 0 Å². The number of nitrogens with one attached hydrogen (secondary N) is 3. The second kappa shape index (κ2) is 7.22. The van der Waals surface area contributed by atoms with Gasteiger partial charge in [-0.2, -0.15) is 0 Å². The molecule has 0 fully saturated rings. The zero-order valence-electron chi connectivity index (χ0n) is 13.0. The number of imidazole rings is 1. The number of carbonyl (C=O) groups is 1. The van der Waals surface area contributed by atoms with Crippen molar-refractivity contribution < 1.29 is 4.79 Å². The first-order valence-electron chi connectivity index (χ1n) is 7.30. The van der Waals surface area contributed by atoms with Gasteiger partial charge in [-0.1, -0.05) is 19.1 Å². The van der Waals surface area contributed by atoms with E-state index in [0.29, 0.717) is 5.11 Å². The normalized spacial score (nSPS) is 10.7. The minimum Gasteiger partial charge on any atom is -0.359 e. The van der Waals surface area contributed by atoms with E-state index < -0.39 is 0 Å². The molecular formula is C15H21N5OS. The van der Waals surface area contributed by atoms with Crippen LogP contribution in [0.1, 0.15) is 26.6 Å². The molecule has 0 atom stereocenters. The summed E-state index contributed by atoms with van der Waals surface area (Å²) in [7, 11) is 0. The number of hydrazine groups is 1. The van der Waals surface area contributed by atoms with Crippen LogP contribution in [0.4, 0.5) is 0 Å². The highest BCUT2D eigenvalue weighted by Gasteiger charge is 2.12. The van der Waals surface area contributed by atoms with Crippen molar-refractivity contribution in [1.82, 2.24) is 25.7 Å². The van der Waals surface area contributed by atoms with Crippen LogP contribution in [0.25, 0.3) is 11.0 Å². The lowest BCUT2D eigenvalue weighted by molar-refractivity contribution is -0.122. The average molecular weight is 319 g/mol. The van der Waals surface area contributed by atoms with Crippen LogP contribution in [0.15, 0.2) is 24.3 Å². The molecule has 0 saturated heterocycles. The van der Waals surface area contributed by atoms with Gasteiger partial charge in [0.15, 0.2) is 5.11 Å². The Hall–Kier alpha value is -2.15. The van der Waals surface area contributed by atoms with Crippen LogP contribution in [-0.4, -0.2) is 26.6 Å². The van der Waals surface area contributed by atoms with Crippen molar-refractivity contribution in [2.75, 3.05) is 0 Å². The number of aromatic nitrogens is 2. The van der Waals surface area contributed by atoms with Crippen LogP contribution < -0.4 is 16.2 Å². The van der Waals surface area contributed by atoms with Crippen LogP contribution >= 0.6 is 12.2 Å². The van der Waals surface area contributed by atoms with Gasteiger partial charge >= 0.3 is 0 Å². The molecule has 3 N–H and O–H groups in total. The summed E-state index contributed by atoms with van der Waals surface area (Å²) in [5.74, 6) is 0.713. The number of carbonyl (C=O) groups excluding carboxylic acids is 1. The third kappa shape index (κ3) is 3.94. The number of hydrogen-bond donors (Lipinski definition) is 3. The second-order valence-electron chi connectivity index (χ2n) is 5.26. The van der Waals surface area contributed by atoms with Crippen molar-refractivity contribution in [3.63, 3.8) is 0 Å². The molecule has 1 amide bonds. The molecule has 118 valence electrons. The third-order valence-electron chi connectivity index (χ3n) is 3.09. The van der Waals surface area contributed by atoms with Gasteiger partial charge in [0.1, 0.15) is 12.4 Å². The Labute approximate surface area is 135 Å². The summed E-state index contributed by atoms with van der Waals surface area (Å²) in [5.41, 5.74) is 7.16. The van der Waals surface area contributed by atoms with Crippen molar-refractivity contribution in [2.24, 2.45) is 0 Å². The Morgan fingerprint density at radius 3 is 2.73 bits per heavy atom. The number of aryl methyl sites for hydroxylation is 1. The minimum absolute atomic E-state index is 0.175. The SMILES string of the molecule is CCc1nc2ccccc2n1CC(=O)NNC(=S)NC(C)C. The van der Waals surface area contributed by atoms with E-state index in [2.05, 4.69) is 21.2 Å². The summed E-state index contributed by atoms with van der Waals surface area (Å²) in [4.78, 5) is 16.6. The molecule has 0 unspecified atom stereocenters. The zero-order valence-corrected chi connectivity index (χ0v) is 13.8. The number of para-hydroxylation sites is 2. The van der Waals surface area contributed by atoms with E-state index >= 15 is 0 Å². The number of thiocarbonyl (C=S) groups is 1. The molecule has 0 saturated carbocycles. The van der Waals surface area contributed by atoms with E-state index in [9.17, 15) is 4.79 Å². The first-order chi connectivity index (χ1) is 10.5. The lowest BCUT2D eigenvalue weighted by Crippen LogP contribution is -2.49. The smallest absolute Gasteiger partial charge is 0.258 e. The Balaban J connectivity index is 2.04. The van der Waals surface area contributed by atoms with Gasteiger partial charge in [0.2, 0.25) is 0 Å². The molecule has 1 aromatic carbocycles. The number of fused-ring (bicyclic) bond motifs is 1. The predicted octanol–water partition coefficient (Wildman–Crippen LogP) is 1.50.